The van der Waals surface area contributed by atoms with Crippen LogP contribution in [0.1, 0.15) is 30.6 Å². The van der Waals surface area contributed by atoms with Gasteiger partial charge in [-0.05, 0) is 32.4 Å². The lowest BCUT2D eigenvalue weighted by atomic mass is 10.1. The zero-order valence-electron chi connectivity index (χ0n) is 11.1. The fourth-order valence-corrected chi connectivity index (χ4v) is 2.27. The molecule has 0 fully saturated rings. The largest absolute Gasteiger partial charge is 0.385 e. The van der Waals surface area contributed by atoms with Crippen LogP contribution in [0.15, 0.2) is 35.9 Å². The van der Waals surface area contributed by atoms with Gasteiger partial charge in [0.15, 0.2) is 0 Å². The van der Waals surface area contributed by atoms with Crippen LogP contribution in [0.4, 0.5) is 5.69 Å². The van der Waals surface area contributed by atoms with Gasteiger partial charge >= 0.3 is 0 Å². The molecule has 3 nitrogen and oxygen atoms in total. The first kappa shape index (κ1) is 12.7. The number of amides is 1. The molecule has 0 spiro atoms. The van der Waals surface area contributed by atoms with Gasteiger partial charge in [0.1, 0.15) is 0 Å². The van der Waals surface area contributed by atoms with Crippen LogP contribution in [0.5, 0.6) is 0 Å². The molecule has 1 N–H and O–H groups in total. The lowest BCUT2D eigenvalue weighted by Gasteiger charge is -2.27. The van der Waals surface area contributed by atoms with Gasteiger partial charge in [0, 0.05) is 25.3 Å². The molecule has 0 radical (unpaired) electrons. The molecule has 1 aromatic carbocycles. The van der Waals surface area contributed by atoms with Gasteiger partial charge in [-0.1, -0.05) is 23.8 Å². The summed E-state index contributed by atoms with van der Waals surface area (Å²) >= 11 is 0. The normalized spacial score (nSPS) is 15.2. The summed E-state index contributed by atoms with van der Waals surface area (Å²) < 4.78 is 0. The Kier molecular flexibility index (Phi) is 4.03. The molecule has 0 saturated carbocycles. The second-order valence-corrected chi connectivity index (χ2v) is 4.64. The fraction of sp³-hybridized carbons (Fsp3) is 0.400. The number of benzene rings is 1. The van der Waals surface area contributed by atoms with E-state index in [2.05, 4.69) is 18.3 Å². The van der Waals surface area contributed by atoms with Crippen molar-refractivity contribution in [2.45, 2.75) is 20.3 Å². The average Bonchev–Trinajstić information content (AvgIpc) is 2.39. The van der Waals surface area contributed by atoms with Gasteiger partial charge in [0.05, 0.1) is 5.56 Å². The van der Waals surface area contributed by atoms with Crippen LogP contribution in [0.3, 0.4) is 0 Å². The predicted octanol–water partition coefficient (Wildman–Crippen LogP) is 2.91. The predicted molar refractivity (Wildman–Crippen MR) is 74.9 cm³/mol. The van der Waals surface area contributed by atoms with Crippen molar-refractivity contribution >= 4 is 11.6 Å². The average molecular weight is 244 g/mol. The number of hydrogen-bond acceptors (Lipinski definition) is 2. The molecule has 1 heterocycles. The Hall–Kier alpha value is -1.77. The molecule has 0 atom stereocenters. The maximum absolute atomic E-state index is 12.5. The summed E-state index contributed by atoms with van der Waals surface area (Å²) in [5.41, 5.74) is 2.97. The van der Waals surface area contributed by atoms with Crippen LogP contribution in [0.2, 0.25) is 0 Å². The molecule has 1 amide bonds. The monoisotopic (exact) mass is 244 g/mol. The quantitative estimate of drug-likeness (QED) is 0.829. The minimum atomic E-state index is 0.124. The molecule has 0 unspecified atom stereocenters. The minimum Gasteiger partial charge on any atom is -0.385 e. The van der Waals surface area contributed by atoms with Crippen LogP contribution < -0.4 is 5.32 Å². The summed E-state index contributed by atoms with van der Waals surface area (Å²) in [5, 5.41) is 3.25. The molecule has 0 bridgehead atoms. The number of hydrogen-bond donors (Lipinski definition) is 1. The van der Waals surface area contributed by atoms with E-state index in [4.69, 9.17) is 0 Å². The molecule has 1 aliphatic rings. The van der Waals surface area contributed by atoms with Crippen LogP contribution in [0, 0.1) is 0 Å². The Balaban J connectivity index is 2.20. The number of para-hydroxylation sites is 1. The SMILES string of the molecule is CCNc1ccccc1C(=O)N1CCC=C(C)C1. The molecular formula is C15H20N2O. The topological polar surface area (TPSA) is 32.3 Å². The van der Waals surface area contributed by atoms with Crippen molar-refractivity contribution in [2.24, 2.45) is 0 Å². The number of carbonyl (C=O) groups is 1. The van der Waals surface area contributed by atoms with Crippen LogP contribution in [-0.4, -0.2) is 30.4 Å². The van der Waals surface area contributed by atoms with Crippen molar-refractivity contribution < 1.29 is 4.79 Å². The zero-order chi connectivity index (χ0) is 13.0. The third kappa shape index (κ3) is 2.73. The first-order chi connectivity index (χ1) is 8.72. The van der Waals surface area contributed by atoms with Gasteiger partial charge in [-0.25, -0.2) is 0 Å². The number of nitrogens with zero attached hydrogens (tertiary/aromatic N) is 1. The summed E-state index contributed by atoms with van der Waals surface area (Å²) in [6.45, 7) is 6.50. The smallest absolute Gasteiger partial charge is 0.256 e. The Bertz CT molecular complexity index is 465. The summed E-state index contributed by atoms with van der Waals surface area (Å²) in [5.74, 6) is 0.124. The Morgan fingerprint density at radius 3 is 2.89 bits per heavy atom. The number of rotatable bonds is 3. The zero-order valence-corrected chi connectivity index (χ0v) is 11.1. The Morgan fingerprint density at radius 2 is 2.17 bits per heavy atom. The van der Waals surface area contributed by atoms with Crippen molar-refractivity contribution in [3.8, 4) is 0 Å². The maximum Gasteiger partial charge on any atom is 0.256 e. The van der Waals surface area contributed by atoms with Crippen molar-refractivity contribution in [3.63, 3.8) is 0 Å². The molecule has 96 valence electrons. The van der Waals surface area contributed by atoms with Crippen LogP contribution in [0.25, 0.3) is 0 Å². The molecule has 3 heteroatoms. The highest BCUT2D eigenvalue weighted by atomic mass is 16.2. The van der Waals surface area contributed by atoms with E-state index < -0.39 is 0 Å². The summed E-state index contributed by atoms with van der Waals surface area (Å²) in [6, 6.07) is 7.73. The third-order valence-electron chi connectivity index (χ3n) is 3.14. The third-order valence-corrected chi connectivity index (χ3v) is 3.14. The molecule has 2 rings (SSSR count). The Labute approximate surface area is 108 Å². The summed E-state index contributed by atoms with van der Waals surface area (Å²) in [7, 11) is 0. The van der Waals surface area contributed by atoms with Crippen LogP contribution >= 0.6 is 0 Å². The van der Waals surface area contributed by atoms with E-state index in [9.17, 15) is 4.79 Å². The minimum absolute atomic E-state index is 0.124. The van der Waals surface area contributed by atoms with Gasteiger partial charge in [0.25, 0.3) is 5.91 Å². The molecule has 1 aliphatic heterocycles. The van der Waals surface area contributed by atoms with E-state index in [1.807, 2.05) is 36.1 Å². The lowest BCUT2D eigenvalue weighted by Crippen LogP contribution is -2.35. The van der Waals surface area contributed by atoms with Gasteiger partial charge in [-0.15, -0.1) is 0 Å². The van der Waals surface area contributed by atoms with E-state index in [0.29, 0.717) is 0 Å². The first-order valence-corrected chi connectivity index (χ1v) is 6.50. The highest BCUT2D eigenvalue weighted by Crippen LogP contribution is 2.19. The number of anilines is 1. The molecule has 0 aliphatic carbocycles. The fourth-order valence-electron chi connectivity index (χ4n) is 2.27. The second kappa shape index (κ2) is 5.71. The number of carbonyl (C=O) groups excluding carboxylic acids is 1. The van der Waals surface area contributed by atoms with E-state index in [-0.39, 0.29) is 5.91 Å². The molecule has 0 saturated heterocycles. The van der Waals surface area contributed by atoms with E-state index >= 15 is 0 Å². The van der Waals surface area contributed by atoms with Gasteiger partial charge < -0.3 is 10.2 Å². The van der Waals surface area contributed by atoms with E-state index in [1.165, 1.54) is 5.57 Å². The second-order valence-electron chi connectivity index (χ2n) is 4.64. The van der Waals surface area contributed by atoms with E-state index in [0.717, 1.165) is 37.3 Å². The van der Waals surface area contributed by atoms with Gasteiger partial charge in [-0.2, -0.15) is 0 Å². The highest BCUT2D eigenvalue weighted by Gasteiger charge is 2.20. The lowest BCUT2D eigenvalue weighted by molar-refractivity contribution is 0.0767. The van der Waals surface area contributed by atoms with Crippen molar-refractivity contribution in [1.82, 2.24) is 4.90 Å². The molecule has 1 aromatic rings. The maximum atomic E-state index is 12.5. The van der Waals surface area contributed by atoms with Gasteiger partial charge in [0.2, 0.25) is 0 Å². The molecule has 18 heavy (non-hydrogen) atoms. The highest BCUT2D eigenvalue weighted by molar-refractivity contribution is 5.99. The van der Waals surface area contributed by atoms with Crippen molar-refractivity contribution in [1.29, 1.82) is 0 Å². The summed E-state index contributed by atoms with van der Waals surface area (Å²) in [4.78, 5) is 14.4. The van der Waals surface area contributed by atoms with E-state index in [1.54, 1.807) is 0 Å². The van der Waals surface area contributed by atoms with Crippen molar-refractivity contribution in [3.05, 3.63) is 41.5 Å². The standard InChI is InChI=1S/C15H20N2O/c1-3-16-14-9-5-4-8-13(14)15(18)17-10-6-7-12(2)11-17/h4-5,7-9,16H,3,6,10-11H2,1-2H3. The Morgan fingerprint density at radius 1 is 1.39 bits per heavy atom. The van der Waals surface area contributed by atoms with Crippen LogP contribution in [-0.2, 0) is 0 Å². The van der Waals surface area contributed by atoms with Crippen molar-refractivity contribution in [2.75, 3.05) is 25.0 Å². The summed E-state index contributed by atoms with van der Waals surface area (Å²) in [6.07, 6.45) is 3.17. The molecular weight excluding hydrogens is 224 g/mol. The first-order valence-electron chi connectivity index (χ1n) is 6.50. The molecule has 0 aromatic heterocycles. The number of nitrogens with one attached hydrogen (secondary N) is 1. The van der Waals surface area contributed by atoms with Gasteiger partial charge in [-0.3, -0.25) is 4.79 Å².